The zero-order valence-corrected chi connectivity index (χ0v) is 36.7. The summed E-state index contributed by atoms with van der Waals surface area (Å²) in [6.45, 7) is 19.3. The van der Waals surface area contributed by atoms with Gasteiger partial charge in [-0.15, -0.1) is 0 Å². The number of carbonyl (C=O) groups excluding carboxylic acids is 2. The van der Waals surface area contributed by atoms with Crippen LogP contribution < -0.4 is 0 Å². The molecular weight excluding hydrogens is 764 g/mol. The number of hydrogen-bond acceptors (Lipinski definition) is 14. The monoisotopic (exact) mass is 836 g/mol. The van der Waals surface area contributed by atoms with Gasteiger partial charge in [-0.2, -0.15) is 0 Å². The average Bonchev–Trinajstić information content (AvgIpc) is 3.37. The number of rotatable bonds is 11. The van der Waals surface area contributed by atoms with Crippen LogP contribution in [0.2, 0.25) is 0 Å². The topological polar surface area (TPSA) is 211 Å². The predicted octanol–water partition coefficient (Wildman–Crippen LogP) is 3.71. The Labute approximate surface area is 349 Å². The molecule has 4 aliphatic carbocycles. The third-order valence-electron chi connectivity index (χ3n) is 16.0. The van der Waals surface area contributed by atoms with Crippen molar-refractivity contribution in [2.75, 3.05) is 13.2 Å². The molecule has 5 fully saturated rings. The minimum Gasteiger partial charge on any atom is -0.457 e. The first-order chi connectivity index (χ1) is 27.5. The van der Waals surface area contributed by atoms with Gasteiger partial charge in [0.15, 0.2) is 24.8 Å². The zero-order valence-electron chi connectivity index (χ0n) is 36.7. The van der Waals surface area contributed by atoms with Crippen LogP contribution in [0.3, 0.4) is 0 Å². The minimum atomic E-state index is -1.54. The molecule has 0 aromatic heterocycles. The van der Waals surface area contributed by atoms with E-state index in [4.69, 9.17) is 28.4 Å². The highest BCUT2D eigenvalue weighted by Gasteiger charge is 2.72. The van der Waals surface area contributed by atoms with Crippen LogP contribution in [-0.4, -0.2) is 129 Å². The van der Waals surface area contributed by atoms with Gasteiger partial charge in [0.2, 0.25) is 0 Å². The van der Waals surface area contributed by atoms with Crippen molar-refractivity contribution in [1.82, 2.24) is 0 Å². The normalized spacial score (nSPS) is 47.1. The zero-order chi connectivity index (χ0) is 43.6. The van der Waals surface area contributed by atoms with Gasteiger partial charge in [0, 0.05) is 25.2 Å². The number of esters is 2. The van der Waals surface area contributed by atoms with E-state index in [1.165, 1.54) is 19.4 Å². The summed E-state index contributed by atoms with van der Waals surface area (Å²) in [7, 11) is 0. The Morgan fingerprint density at radius 3 is 2.15 bits per heavy atom. The molecule has 59 heavy (non-hydrogen) atoms. The number of fused-ring (bicyclic) bond motifs is 5. The van der Waals surface area contributed by atoms with E-state index in [0.717, 1.165) is 37.7 Å². The number of carbonyl (C=O) groups is 2. The lowest BCUT2D eigenvalue weighted by Crippen LogP contribution is -2.63. The summed E-state index contributed by atoms with van der Waals surface area (Å²) in [5.41, 5.74) is 0.690. The molecule has 2 aliphatic heterocycles. The van der Waals surface area contributed by atoms with Crippen molar-refractivity contribution >= 4 is 11.9 Å². The molecule has 0 spiro atoms. The third kappa shape index (κ3) is 8.22. The molecule has 336 valence electrons. The fourth-order valence-electron chi connectivity index (χ4n) is 13.1. The van der Waals surface area contributed by atoms with E-state index in [0.29, 0.717) is 12.8 Å². The standard InChI is InChI=1S/C45H72O14/c1-22(2)12-11-13-23(3)33-30(57-41-38(56-25(5)48)35(52)34(51)31(20-46)58-41)19-45(10)39-28(49)18-27-26(43(39,8)16-17-44(33,45)9)14-15-32(42(27,6)7)59-40-36(53)37(55-24(4)47)29(50)21-54-40/h12,18,23,26,28-41,46,49-53H,11,13-17,19-21H2,1-10H3. The third-order valence-corrected chi connectivity index (χ3v) is 16.0. The lowest BCUT2D eigenvalue weighted by molar-refractivity contribution is -0.317. The second kappa shape index (κ2) is 17.3. The largest absolute Gasteiger partial charge is 0.457 e. The van der Waals surface area contributed by atoms with E-state index in [-0.39, 0.29) is 41.1 Å². The Morgan fingerprint density at radius 2 is 1.53 bits per heavy atom. The molecule has 3 saturated carbocycles. The number of hydrogen-bond donors (Lipinski definition) is 6. The Morgan fingerprint density at radius 1 is 0.864 bits per heavy atom. The van der Waals surface area contributed by atoms with Crippen LogP contribution in [0.15, 0.2) is 23.3 Å². The van der Waals surface area contributed by atoms with Crippen LogP contribution in [0, 0.1) is 45.3 Å². The lowest BCUT2D eigenvalue weighted by Gasteiger charge is -2.67. The van der Waals surface area contributed by atoms with Crippen molar-refractivity contribution in [3.8, 4) is 0 Å². The molecule has 2 heterocycles. The van der Waals surface area contributed by atoms with Crippen LogP contribution in [-0.2, 0) is 38.0 Å². The van der Waals surface area contributed by atoms with Crippen molar-refractivity contribution in [2.24, 2.45) is 45.3 Å². The number of aliphatic hydroxyl groups is 6. The van der Waals surface area contributed by atoms with E-state index < -0.39 is 103 Å². The van der Waals surface area contributed by atoms with Gasteiger partial charge >= 0.3 is 11.9 Å². The van der Waals surface area contributed by atoms with E-state index in [2.05, 4.69) is 61.5 Å². The first-order valence-electron chi connectivity index (χ1n) is 21.8. The molecule has 14 heteroatoms. The number of allylic oxidation sites excluding steroid dienone is 2. The Hall–Kier alpha value is -1.98. The van der Waals surface area contributed by atoms with Crippen molar-refractivity contribution in [2.45, 2.75) is 188 Å². The molecule has 14 nitrogen and oxygen atoms in total. The van der Waals surface area contributed by atoms with Crippen molar-refractivity contribution < 1.29 is 68.6 Å². The van der Waals surface area contributed by atoms with E-state index >= 15 is 0 Å². The second-order valence-electron chi connectivity index (χ2n) is 20.3. The van der Waals surface area contributed by atoms with Crippen molar-refractivity contribution in [3.05, 3.63) is 23.3 Å². The van der Waals surface area contributed by atoms with Gasteiger partial charge in [-0.3, -0.25) is 9.59 Å². The van der Waals surface area contributed by atoms with Gasteiger partial charge in [0.25, 0.3) is 0 Å². The highest BCUT2D eigenvalue weighted by molar-refractivity contribution is 5.66. The summed E-state index contributed by atoms with van der Waals surface area (Å²) >= 11 is 0. The summed E-state index contributed by atoms with van der Waals surface area (Å²) in [5, 5.41) is 66.1. The molecule has 6 aliphatic rings. The van der Waals surface area contributed by atoms with Crippen LogP contribution >= 0.6 is 0 Å². The number of aliphatic hydroxyl groups excluding tert-OH is 6. The maximum atomic E-state index is 12.6. The molecule has 0 aromatic rings. The Balaban J connectivity index is 1.33. The van der Waals surface area contributed by atoms with Gasteiger partial charge < -0.3 is 59.1 Å². The van der Waals surface area contributed by atoms with E-state index in [1.54, 1.807) is 0 Å². The van der Waals surface area contributed by atoms with Crippen LogP contribution in [0.5, 0.6) is 0 Å². The molecule has 0 aromatic carbocycles. The Kier molecular flexibility index (Phi) is 13.6. The smallest absolute Gasteiger partial charge is 0.303 e. The van der Waals surface area contributed by atoms with Gasteiger partial charge in [0.05, 0.1) is 31.5 Å². The molecule has 0 amide bonds. The second-order valence-corrected chi connectivity index (χ2v) is 20.3. The molecule has 0 bridgehead atoms. The van der Waals surface area contributed by atoms with Crippen molar-refractivity contribution in [1.29, 1.82) is 0 Å². The summed E-state index contributed by atoms with van der Waals surface area (Å²) in [5.74, 6) is -1.18. The summed E-state index contributed by atoms with van der Waals surface area (Å²) in [6.07, 6.45) is -3.48. The van der Waals surface area contributed by atoms with Crippen molar-refractivity contribution in [3.63, 3.8) is 0 Å². The maximum Gasteiger partial charge on any atom is 0.303 e. The van der Waals surface area contributed by atoms with Crippen LogP contribution in [0.1, 0.15) is 114 Å². The molecular formula is C45H72O14. The minimum absolute atomic E-state index is 0.0184. The summed E-state index contributed by atoms with van der Waals surface area (Å²) in [6, 6.07) is 0. The molecule has 2 saturated heterocycles. The van der Waals surface area contributed by atoms with Gasteiger partial charge in [-0.05, 0) is 92.8 Å². The molecule has 19 atom stereocenters. The molecule has 19 unspecified atom stereocenters. The SMILES string of the molecule is CC(=O)OC1C(O)COC(OC2CCC3C(=CC(O)C4C3(C)CCC3(C)C(C(C)CCC=C(C)C)C(OC5OC(CO)C(O)C(O)C5OC(C)=O)CC43C)C2(C)C)C1O. The fourth-order valence-corrected chi connectivity index (χ4v) is 13.1. The van der Waals surface area contributed by atoms with Gasteiger partial charge in [-0.25, -0.2) is 0 Å². The predicted molar refractivity (Wildman–Crippen MR) is 214 cm³/mol. The summed E-state index contributed by atoms with van der Waals surface area (Å²) < 4.78 is 36.1. The quantitative estimate of drug-likeness (QED) is 0.130. The van der Waals surface area contributed by atoms with Gasteiger partial charge in [0.1, 0.15) is 30.5 Å². The average molecular weight is 837 g/mol. The number of ether oxygens (including phenoxy) is 6. The first-order valence-corrected chi connectivity index (χ1v) is 21.8. The highest BCUT2D eigenvalue weighted by atomic mass is 16.7. The van der Waals surface area contributed by atoms with Crippen LogP contribution in [0.4, 0.5) is 0 Å². The lowest BCUT2D eigenvalue weighted by atomic mass is 9.38. The van der Waals surface area contributed by atoms with Crippen LogP contribution in [0.25, 0.3) is 0 Å². The summed E-state index contributed by atoms with van der Waals surface area (Å²) in [4.78, 5) is 24.0. The fraction of sp³-hybridized carbons (Fsp3) is 0.867. The van der Waals surface area contributed by atoms with Gasteiger partial charge in [-0.1, -0.05) is 64.8 Å². The molecule has 6 N–H and O–H groups in total. The first kappa shape index (κ1) is 46.5. The van der Waals surface area contributed by atoms with E-state index in [9.17, 15) is 40.2 Å². The molecule has 6 rings (SSSR count). The molecule has 0 radical (unpaired) electrons. The Bertz CT molecular complexity index is 1590. The highest BCUT2D eigenvalue weighted by Crippen LogP contribution is 2.75. The maximum absolute atomic E-state index is 12.6. The van der Waals surface area contributed by atoms with E-state index in [1.807, 2.05) is 6.08 Å².